The topological polar surface area (TPSA) is 41.1 Å². The Morgan fingerprint density at radius 2 is 1.76 bits per heavy atom. The zero-order valence-corrected chi connectivity index (χ0v) is 11.9. The number of anilines is 2. The minimum atomic E-state index is 0.928. The lowest BCUT2D eigenvalue weighted by Crippen LogP contribution is -2.21. The zero-order valence-electron chi connectivity index (χ0n) is 10.2. The van der Waals surface area contributed by atoms with E-state index in [4.69, 9.17) is 0 Å². The molecule has 0 radical (unpaired) electrons. The predicted octanol–water partition coefficient (Wildman–Crippen LogP) is 3.15. The van der Waals surface area contributed by atoms with Crippen molar-refractivity contribution >= 4 is 32.9 Å². The normalized spacial score (nSPS) is 10.5. The summed E-state index contributed by atoms with van der Waals surface area (Å²) in [5, 5.41) is 9.15. The second-order valence-electron chi connectivity index (χ2n) is 3.48. The molecule has 2 aromatic rings. The quantitative estimate of drug-likeness (QED) is 0.904. The molecule has 0 spiro atoms. The summed E-state index contributed by atoms with van der Waals surface area (Å²) in [7, 11) is 1.88. The first kappa shape index (κ1) is 12.3. The van der Waals surface area contributed by atoms with Crippen LogP contribution in [-0.4, -0.2) is 30.1 Å². The Bertz CT molecular complexity index is 473. The minimum Gasteiger partial charge on any atom is -0.365 e. The number of nitrogens with zero attached hydrogens (tertiary/aromatic N) is 3. The number of thiazole rings is 2. The van der Waals surface area contributed by atoms with Crippen LogP contribution in [0.5, 0.6) is 0 Å². The number of aromatic nitrogens is 2. The summed E-state index contributed by atoms with van der Waals surface area (Å²) >= 11 is 3.28. The van der Waals surface area contributed by atoms with E-state index in [1.54, 1.807) is 22.7 Å². The Hall–Kier alpha value is -1.14. The lowest BCUT2D eigenvalue weighted by molar-refractivity contribution is 0.860. The van der Waals surface area contributed by atoms with Gasteiger partial charge >= 0.3 is 0 Å². The van der Waals surface area contributed by atoms with E-state index in [9.17, 15) is 0 Å². The molecule has 0 amide bonds. The first-order chi connectivity index (χ1) is 8.28. The predicted molar refractivity (Wildman–Crippen MR) is 76.3 cm³/mol. The fourth-order valence-corrected chi connectivity index (χ4v) is 3.14. The summed E-state index contributed by atoms with van der Waals surface area (Å²) in [5.74, 6) is 0. The molecule has 0 aliphatic carbocycles. The van der Waals surface area contributed by atoms with Gasteiger partial charge < -0.3 is 10.2 Å². The summed E-state index contributed by atoms with van der Waals surface area (Å²) < 4.78 is 0. The van der Waals surface area contributed by atoms with Crippen LogP contribution in [0.15, 0.2) is 10.8 Å². The van der Waals surface area contributed by atoms with Crippen molar-refractivity contribution in [1.82, 2.24) is 9.97 Å². The van der Waals surface area contributed by atoms with Crippen LogP contribution in [0.3, 0.4) is 0 Å². The van der Waals surface area contributed by atoms with E-state index >= 15 is 0 Å². The molecule has 0 saturated heterocycles. The fraction of sp³-hybridized carbons (Fsp3) is 0.455. The lowest BCUT2D eigenvalue weighted by Gasteiger charge is -2.16. The van der Waals surface area contributed by atoms with Crippen LogP contribution < -0.4 is 10.2 Å². The van der Waals surface area contributed by atoms with Gasteiger partial charge in [-0.25, -0.2) is 9.97 Å². The first-order valence-corrected chi connectivity index (χ1v) is 7.38. The fourth-order valence-electron chi connectivity index (χ4n) is 1.53. The van der Waals surface area contributed by atoms with E-state index in [1.807, 2.05) is 12.4 Å². The average molecular weight is 268 g/mol. The van der Waals surface area contributed by atoms with Crippen LogP contribution >= 0.6 is 22.7 Å². The van der Waals surface area contributed by atoms with Crippen LogP contribution in [0.4, 0.5) is 10.3 Å². The molecule has 0 unspecified atom stereocenters. The molecule has 0 atom stereocenters. The van der Waals surface area contributed by atoms with Crippen LogP contribution in [0.2, 0.25) is 0 Å². The molecule has 0 aromatic carbocycles. The number of hydrogen-bond donors (Lipinski definition) is 1. The van der Waals surface area contributed by atoms with Gasteiger partial charge in [0.1, 0.15) is 11.4 Å². The molecule has 0 fully saturated rings. The maximum Gasteiger partial charge on any atom is 0.185 e. The molecule has 4 nitrogen and oxygen atoms in total. The SMILES string of the molecule is CCN(CC)c1nc(-c2csc(NC)n2)cs1. The van der Waals surface area contributed by atoms with Gasteiger partial charge in [-0.2, -0.15) is 0 Å². The van der Waals surface area contributed by atoms with E-state index in [0.717, 1.165) is 34.7 Å². The molecule has 6 heteroatoms. The molecule has 2 rings (SSSR count). The maximum atomic E-state index is 4.63. The highest BCUT2D eigenvalue weighted by Crippen LogP contribution is 2.29. The molecular weight excluding hydrogens is 252 g/mol. The highest BCUT2D eigenvalue weighted by atomic mass is 32.1. The van der Waals surface area contributed by atoms with Crippen LogP contribution in [-0.2, 0) is 0 Å². The minimum absolute atomic E-state index is 0.928. The van der Waals surface area contributed by atoms with Crippen molar-refractivity contribution in [3.8, 4) is 11.4 Å². The second kappa shape index (κ2) is 5.46. The van der Waals surface area contributed by atoms with Crippen LogP contribution in [0.25, 0.3) is 11.4 Å². The van der Waals surface area contributed by atoms with E-state index in [1.165, 1.54) is 0 Å². The van der Waals surface area contributed by atoms with Gasteiger partial charge in [-0.15, -0.1) is 22.7 Å². The van der Waals surface area contributed by atoms with E-state index in [0.29, 0.717) is 0 Å². The van der Waals surface area contributed by atoms with Gasteiger partial charge in [-0.1, -0.05) is 0 Å². The summed E-state index contributed by atoms with van der Waals surface area (Å²) in [6.45, 7) is 6.27. The van der Waals surface area contributed by atoms with E-state index in [-0.39, 0.29) is 0 Å². The van der Waals surface area contributed by atoms with Crippen molar-refractivity contribution in [2.45, 2.75) is 13.8 Å². The third kappa shape index (κ3) is 2.58. The van der Waals surface area contributed by atoms with Crippen LogP contribution in [0.1, 0.15) is 13.8 Å². The third-order valence-electron chi connectivity index (χ3n) is 2.51. The second-order valence-corrected chi connectivity index (χ2v) is 5.17. The molecule has 2 heterocycles. The number of rotatable bonds is 5. The van der Waals surface area contributed by atoms with E-state index in [2.05, 4.69) is 39.4 Å². The van der Waals surface area contributed by atoms with Gasteiger partial charge in [0, 0.05) is 30.9 Å². The Morgan fingerprint density at radius 1 is 1.12 bits per heavy atom. The molecule has 0 saturated carbocycles. The first-order valence-electron chi connectivity index (χ1n) is 5.62. The highest BCUT2D eigenvalue weighted by Gasteiger charge is 2.11. The molecule has 1 N–H and O–H groups in total. The average Bonchev–Trinajstić information content (AvgIpc) is 2.98. The van der Waals surface area contributed by atoms with Crippen molar-refractivity contribution in [2.24, 2.45) is 0 Å². The molecule has 92 valence electrons. The molecule has 0 aliphatic heterocycles. The summed E-state index contributed by atoms with van der Waals surface area (Å²) in [6.07, 6.45) is 0. The van der Waals surface area contributed by atoms with Crippen molar-refractivity contribution < 1.29 is 0 Å². The monoisotopic (exact) mass is 268 g/mol. The van der Waals surface area contributed by atoms with Gasteiger partial charge in [0.2, 0.25) is 0 Å². The Morgan fingerprint density at radius 3 is 2.35 bits per heavy atom. The molecular formula is C11H16N4S2. The van der Waals surface area contributed by atoms with Crippen molar-refractivity contribution in [1.29, 1.82) is 0 Å². The highest BCUT2D eigenvalue weighted by molar-refractivity contribution is 7.14. The lowest BCUT2D eigenvalue weighted by atomic mass is 10.4. The Balaban J connectivity index is 2.22. The number of nitrogens with one attached hydrogen (secondary N) is 1. The van der Waals surface area contributed by atoms with E-state index < -0.39 is 0 Å². The Kier molecular flexibility index (Phi) is 3.96. The van der Waals surface area contributed by atoms with Crippen molar-refractivity contribution in [3.63, 3.8) is 0 Å². The van der Waals surface area contributed by atoms with Gasteiger partial charge in [0.15, 0.2) is 10.3 Å². The Labute approximate surface area is 109 Å². The van der Waals surface area contributed by atoms with Gasteiger partial charge in [0.25, 0.3) is 0 Å². The molecule has 2 aromatic heterocycles. The zero-order chi connectivity index (χ0) is 12.3. The molecule has 0 bridgehead atoms. The van der Waals surface area contributed by atoms with Gasteiger partial charge in [-0.05, 0) is 13.8 Å². The largest absolute Gasteiger partial charge is 0.365 e. The summed E-state index contributed by atoms with van der Waals surface area (Å²) in [4.78, 5) is 11.3. The molecule has 17 heavy (non-hydrogen) atoms. The van der Waals surface area contributed by atoms with Crippen LogP contribution in [0, 0.1) is 0 Å². The van der Waals surface area contributed by atoms with Gasteiger partial charge in [0.05, 0.1) is 0 Å². The smallest absolute Gasteiger partial charge is 0.185 e. The summed E-state index contributed by atoms with van der Waals surface area (Å²) in [6, 6.07) is 0. The van der Waals surface area contributed by atoms with Crippen molar-refractivity contribution in [2.75, 3.05) is 30.4 Å². The third-order valence-corrected chi connectivity index (χ3v) is 4.27. The summed E-state index contributed by atoms with van der Waals surface area (Å²) in [5.41, 5.74) is 1.92. The van der Waals surface area contributed by atoms with Crippen molar-refractivity contribution in [3.05, 3.63) is 10.8 Å². The standard InChI is InChI=1S/C11H16N4S2/c1-4-15(5-2)11-14-9(7-17-11)8-6-16-10(12-3)13-8/h6-7H,4-5H2,1-3H3,(H,12,13). The molecule has 0 aliphatic rings. The maximum absolute atomic E-state index is 4.63. The van der Waals surface area contributed by atoms with Gasteiger partial charge in [-0.3, -0.25) is 0 Å². The number of hydrogen-bond acceptors (Lipinski definition) is 6.